The first kappa shape index (κ1) is 13.6. The van der Waals surface area contributed by atoms with Gasteiger partial charge in [0.1, 0.15) is 4.60 Å². The van der Waals surface area contributed by atoms with Gasteiger partial charge in [-0.2, -0.15) is 11.8 Å². The van der Waals surface area contributed by atoms with Crippen molar-refractivity contribution >= 4 is 33.7 Å². The van der Waals surface area contributed by atoms with E-state index in [4.69, 9.17) is 0 Å². The van der Waals surface area contributed by atoms with Gasteiger partial charge in [-0.05, 0) is 28.1 Å². The molecule has 1 aliphatic rings. The molecule has 2 amide bonds. The molecular formula is C11H15BrN4OS. The van der Waals surface area contributed by atoms with E-state index in [0.29, 0.717) is 17.2 Å². The van der Waals surface area contributed by atoms with E-state index in [1.807, 2.05) is 18.8 Å². The van der Waals surface area contributed by atoms with Crippen LogP contribution in [0, 0.1) is 0 Å². The minimum Gasteiger partial charge on any atom is -0.332 e. The number of thioether (sulfide) groups is 1. The van der Waals surface area contributed by atoms with Crippen molar-refractivity contribution in [3.05, 3.63) is 22.7 Å². The number of nitrogens with zero attached hydrogens (tertiary/aromatic N) is 3. The second kappa shape index (κ2) is 6.38. The van der Waals surface area contributed by atoms with Crippen LogP contribution in [0.2, 0.25) is 0 Å². The Balaban J connectivity index is 1.82. The molecule has 0 saturated carbocycles. The fraction of sp³-hybridized carbons (Fsp3) is 0.545. The van der Waals surface area contributed by atoms with Crippen molar-refractivity contribution in [2.45, 2.75) is 19.0 Å². The summed E-state index contributed by atoms with van der Waals surface area (Å²) in [7, 11) is 1.85. The summed E-state index contributed by atoms with van der Waals surface area (Å²) in [5.74, 6) is 2.17. The van der Waals surface area contributed by atoms with Crippen molar-refractivity contribution in [3.8, 4) is 0 Å². The Morgan fingerprint density at radius 1 is 1.61 bits per heavy atom. The number of hydrogen-bond donors (Lipinski definition) is 1. The number of carbonyl (C=O) groups excluding carboxylic acids is 1. The maximum absolute atomic E-state index is 11.9. The Bertz CT molecular complexity index is 408. The Morgan fingerprint density at radius 3 is 3.06 bits per heavy atom. The Labute approximate surface area is 119 Å². The van der Waals surface area contributed by atoms with E-state index in [0.717, 1.165) is 23.6 Å². The van der Waals surface area contributed by atoms with Gasteiger partial charge >= 0.3 is 6.03 Å². The highest BCUT2D eigenvalue weighted by atomic mass is 79.9. The summed E-state index contributed by atoms with van der Waals surface area (Å²) >= 11 is 5.12. The van der Waals surface area contributed by atoms with E-state index in [9.17, 15) is 4.79 Å². The van der Waals surface area contributed by atoms with Crippen LogP contribution in [0.5, 0.6) is 0 Å². The second-order valence-corrected chi connectivity index (χ2v) is 6.08. The average Bonchev–Trinajstić information content (AvgIpc) is 2.90. The predicted molar refractivity (Wildman–Crippen MR) is 75.5 cm³/mol. The third-order valence-corrected chi connectivity index (χ3v) is 4.42. The first-order chi connectivity index (χ1) is 8.66. The lowest BCUT2D eigenvalue weighted by molar-refractivity contribution is 0.194. The van der Waals surface area contributed by atoms with Crippen molar-refractivity contribution in [3.63, 3.8) is 0 Å². The predicted octanol–water partition coefficient (Wildman–Crippen LogP) is 1.89. The lowest BCUT2D eigenvalue weighted by Crippen LogP contribution is -2.43. The van der Waals surface area contributed by atoms with Gasteiger partial charge in [-0.1, -0.05) is 0 Å². The first-order valence-electron chi connectivity index (χ1n) is 5.71. The summed E-state index contributed by atoms with van der Waals surface area (Å²) < 4.78 is 0.692. The molecule has 2 heterocycles. The van der Waals surface area contributed by atoms with Gasteiger partial charge in [-0.25, -0.2) is 9.78 Å². The van der Waals surface area contributed by atoms with E-state index in [-0.39, 0.29) is 6.03 Å². The molecule has 98 valence electrons. The normalized spacial score (nSPS) is 18.7. The minimum absolute atomic E-state index is 0.0489. The van der Waals surface area contributed by atoms with E-state index in [1.165, 1.54) is 0 Å². The smallest absolute Gasteiger partial charge is 0.317 e. The highest BCUT2D eigenvalue weighted by molar-refractivity contribution is 9.10. The zero-order chi connectivity index (χ0) is 13.0. The molecular weight excluding hydrogens is 316 g/mol. The number of rotatable bonds is 3. The Kier molecular flexibility index (Phi) is 4.82. The zero-order valence-corrected chi connectivity index (χ0v) is 12.5. The van der Waals surface area contributed by atoms with Gasteiger partial charge in [-0.3, -0.25) is 4.98 Å². The Hall–Kier alpha value is -0.820. The van der Waals surface area contributed by atoms with E-state index < -0.39 is 0 Å². The van der Waals surface area contributed by atoms with E-state index in [2.05, 4.69) is 31.2 Å². The van der Waals surface area contributed by atoms with Crippen LogP contribution < -0.4 is 5.32 Å². The molecule has 18 heavy (non-hydrogen) atoms. The van der Waals surface area contributed by atoms with E-state index >= 15 is 0 Å². The monoisotopic (exact) mass is 330 g/mol. The summed E-state index contributed by atoms with van der Waals surface area (Å²) in [6.07, 6.45) is 4.35. The molecule has 0 spiro atoms. The van der Waals surface area contributed by atoms with Crippen molar-refractivity contribution in [2.75, 3.05) is 18.6 Å². The average molecular weight is 331 g/mol. The zero-order valence-electron chi connectivity index (χ0n) is 10.1. The van der Waals surface area contributed by atoms with Crippen LogP contribution in [0.3, 0.4) is 0 Å². The molecule has 0 aromatic carbocycles. The van der Waals surface area contributed by atoms with E-state index in [1.54, 1.807) is 17.3 Å². The quantitative estimate of drug-likeness (QED) is 0.919. The van der Waals surface area contributed by atoms with Crippen LogP contribution >= 0.6 is 27.7 Å². The van der Waals surface area contributed by atoms with Crippen LogP contribution in [-0.2, 0) is 6.54 Å². The third-order valence-electron chi connectivity index (χ3n) is 2.87. The van der Waals surface area contributed by atoms with Crippen LogP contribution in [0.1, 0.15) is 12.1 Å². The van der Waals surface area contributed by atoms with Gasteiger partial charge in [-0.15, -0.1) is 0 Å². The lowest BCUT2D eigenvalue weighted by atomic mass is 10.2. The van der Waals surface area contributed by atoms with Crippen LogP contribution in [0.15, 0.2) is 17.0 Å². The maximum atomic E-state index is 11.9. The SMILES string of the molecule is CN(C(=O)NCc1cnc(Br)cn1)[C@H]1CCSC1. The molecule has 1 aromatic heterocycles. The van der Waals surface area contributed by atoms with Crippen LogP contribution in [0.25, 0.3) is 0 Å². The largest absolute Gasteiger partial charge is 0.332 e. The van der Waals surface area contributed by atoms with Gasteiger partial charge in [0.05, 0.1) is 24.6 Å². The van der Waals surface area contributed by atoms with Gasteiger partial charge in [0.25, 0.3) is 0 Å². The molecule has 1 atom stereocenters. The number of hydrogen-bond acceptors (Lipinski definition) is 4. The standard InChI is InChI=1S/C11H15BrN4OS/c1-16(9-2-3-18-7-9)11(17)15-5-8-4-14-10(12)6-13-8/h4,6,9H,2-3,5,7H2,1H3,(H,15,17)/t9-/m0/s1. The summed E-state index contributed by atoms with van der Waals surface area (Å²) in [4.78, 5) is 21.9. The summed E-state index contributed by atoms with van der Waals surface area (Å²) in [6, 6.07) is 0.304. The van der Waals surface area contributed by atoms with Crippen LogP contribution in [0.4, 0.5) is 4.79 Å². The minimum atomic E-state index is -0.0489. The van der Waals surface area contributed by atoms with Crippen molar-refractivity contribution in [1.82, 2.24) is 20.2 Å². The van der Waals surface area contributed by atoms with Gasteiger partial charge in [0.2, 0.25) is 0 Å². The number of aromatic nitrogens is 2. The lowest BCUT2D eigenvalue weighted by Gasteiger charge is -2.23. The van der Waals surface area contributed by atoms with Crippen LogP contribution in [-0.4, -0.2) is 45.5 Å². The molecule has 0 unspecified atom stereocenters. The molecule has 1 saturated heterocycles. The summed E-state index contributed by atoms with van der Waals surface area (Å²) in [6.45, 7) is 0.406. The molecule has 5 nitrogen and oxygen atoms in total. The van der Waals surface area contributed by atoms with Crippen molar-refractivity contribution in [2.24, 2.45) is 0 Å². The fourth-order valence-corrected chi connectivity index (χ4v) is 3.19. The number of halogens is 1. The third kappa shape index (κ3) is 3.58. The topological polar surface area (TPSA) is 58.1 Å². The summed E-state index contributed by atoms with van der Waals surface area (Å²) in [5.41, 5.74) is 0.751. The molecule has 1 fully saturated rings. The van der Waals surface area contributed by atoms with Crippen molar-refractivity contribution < 1.29 is 4.79 Å². The fourth-order valence-electron chi connectivity index (χ4n) is 1.71. The molecule has 1 aromatic rings. The second-order valence-electron chi connectivity index (χ2n) is 4.12. The molecule has 7 heteroatoms. The maximum Gasteiger partial charge on any atom is 0.317 e. The molecule has 0 radical (unpaired) electrons. The molecule has 0 aliphatic carbocycles. The number of carbonyl (C=O) groups is 1. The highest BCUT2D eigenvalue weighted by Gasteiger charge is 2.23. The molecule has 1 N–H and O–H groups in total. The Morgan fingerprint density at radius 2 is 2.44 bits per heavy atom. The number of nitrogens with one attached hydrogen (secondary N) is 1. The first-order valence-corrected chi connectivity index (χ1v) is 7.66. The summed E-state index contributed by atoms with van der Waals surface area (Å²) in [5, 5.41) is 2.85. The molecule has 1 aliphatic heterocycles. The molecule has 2 rings (SSSR count). The highest BCUT2D eigenvalue weighted by Crippen LogP contribution is 2.21. The number of urea groups is 1. The van der Waals surface area contributed by atoms with Gasteiger partial charge in [0.15, 0.2) is 0 Å². The van der Waals surface area contributed by atoms with Gasteiger partial charge in [0, 0.05) is 18.8 Å². The molecule has 0 bridgehead atoms. The number of amides is 2. The van der Waals surface area contributed by atoms with Gasteiger partial charge < -0.3 is 10.2 Å². The van der Waals surface area contributed by atoms with Crippen molar-refractivity contribution in [1.29, 1.82) is 0 Å².